The van der Waals surface area contributed by atoms with E-state index in [4.69, 9.17) is 10.5 Å². The van der Waals surface area contributed by atoms with Gasteiger partial charge in [0.1, 0.15) is 5.01 Å². The highest BCUT2D eigenvalue weighted by atomic mass is 32.1. The summed E-state index contributed by atoms with van der Waals surface area (Å²) < 4.78 is 5.33. The number of morpholine rings is 1. The van der Waals surface area contributed by atoms with E-state index in [1.54, 1.807) is 11.3 Å². The minimum atomic E-state index is 0.463. The van der Waals surface area contributed by atoms with E-state index >= 15 is 0 Å². The van der Waals surface area contributed by atoms with Crippen LogP contribution in [0.2, 0.25) is 0 Å². The number of guanidine groups is 1. The molecule has 2 heterocycles. The first-order valence-electron chi connectivity index (χ1n) is 7.93. The zero-order chi connectivity index (χ0) is 15.8. The predicted octanol–water partition coefficient (Wildman–Crippen LogP) is 1.39. The molecule has 0 atom stereocenters. The first kappa shape index (κ1) is 17.2. The molecular formula is C15H27N5OS. The lowest BCUT2D eigenvalue weighted by atomic mass is 10.2. The van der Waals surface area contributed by atoms with Gasteiger partial charge in [0.25, 0.3) is 0 Å². The third kappa shape index (κ3) is 5.90. The SMILES string of the molecule is CC(C)c1csc(CN=C(N)NCCCN2CCOCC2)n1. The van der Waals surface area contributed by atoms with Crippen molar-refractivity contribution in [2.45, 2.75) is 32.7 Å². The van der Waals surface area contributed by atoms with Crippen molar-refractivity contribution >= 4 is 17.3 Å². The van der Waals surface area contributed by atoms with Gasteiger partial charge in [-0.15, -0.1) is 11.3 Å². The maximum atomic E-state index is 5.89. The van der Waals surface area contributed by atoms with Crippen molar-refractivity contribution < 1.29 is 4.74 Å². The molecule has 1 saturated heterocycles. The van der Waals surface area contributed by atoms with E-state index in [-0.39, 0.29) is 0 Å². The van der Waals surface area contributed by atoms with Crippen molar-refractivity contribution in [3.8, 4) is 0 Å². The molecule has 0 spiro atoms. The number of ether oxygens (including phenoxy) is 1. The van der Waals surface area contributed by atoms with Crippen LogP contribution < -0.4 is 11.1 Å². The first-order chi connectivity index (χ1) is 10.6. The van der Waals surface area contributed by atoms with E-state index in [0.717, 1.165) is 56.5 Å². The molecule has 0 aromatic carbocycles. The molecule has 0 saturated carbocycles. The number of hydrogen-bond donors (Lipinski definition) is 2. The van der Waals surface area contributed by atoms with Crippen LogP contribution in [0.15, 0.2) is 10.4 Å². The molecular weight excluding hydrogens is 298 g/mol. The van der Waals surface area contributed by atoms with E-state index in [0.29, 0.717) is 18.4 Å². The zero-order valence-electron chi connectivity index (χ0n) is 13.5. The van der Waals surface area contributed by atoms with Gasteiger partial charge in [0.15, 0.2) is 5.96 Å². The average molecular weight is 325 g/mol. The van der Waals surface area contributed by atoms with E-state index < -0.39 is 0 Å². The molecule has 1 aliphatic heterocycles. The fourth-order valence-electron chi connectivity index (χ4n) is 2.22. The molecule has 0 aliphatic carbocycles. The number of aliphatic imine (C=N–C) groups is 1. The van der Waals surface area contributed by atoms with Crippen LogP contribution in [0.5, 0.6) is 0 Å². The van der Waals surface area contributed by atoms with Crippen LogP contribution >= 0.6 is 11.3 Å². The molecule has 2 rings (SSSR count). The summed E-state index contributed by atoms with van der Waals surface area (Å²) in [6.45, 7) is 10.5. The Morgan fingerprint density at radius 2 is 2.27 bits per heavy atom. The first-order valence-corrected chi connectivity index (χ1v) is 8.81. The summed E-state index contributed by atoms with van der Waals surface area (Å²) in [7, 11) is 0. The number of nitrogens with two attached hydrogens (primary N) is 1. The Hall–Kier alpha value is -1.18. The highest BCUT2D eigenvalue weighted by Crippen LogP contribution is 2.18. The van der Waals surface area contributed by atoms with Crippen molar-refractivity contribution in [3.05, 3.63) is 16.1 Å². The summed E-state index contributed by atoms with van der Waals surface area (Å²) in [5.41, 5.74) is 7.02. The summed E-state index contributed by atoms with van der Waals surface area (Å²) in [6, 6.07) is 0. The summed E-state index contributed by atoms with van der Waals surface area (Å²) in [5.74, 6) is 0.966. The van der Waals surface area contributed by atoms with E-state index in [1.807, 2.05) is 0 Å². The second-order valence-corrected chi connectivity index (χ2v) is 6.70. The van der Waals surface area contributed by atoms with Crippen molar-refractivity contribution in [2.24, 2.45) is 10.7 Å². The normalized spacial score (nSPS) is 17.1. The maximum absolute atomic E-state index is 5.89. The third-order valence-electron chi connectivity index (χ3n) is 3.61. The summed E-state index contributed by atoms with van der Waals surface area (Å²) >= 11 is 1.65. The van der Waals surface area contributed by atoms with Crippen LogP contribution in [-0.4, -0.2) is 55.2 Å². The van der Waals surface area contributed by atoms with E-state index in [2.05, 4.69) is 39.4 Å². The van der Waals surface area contributed by atoms with Crippen LogP contribution in [0.25, 0.3) is 0 Å². The van der Waals surface area contributed by atoms with Gasteiger partial charge in [-0.25, -0.2) is 9.98 Å². The fourth-order valence-corrected chi connectivity index (χ4v) is 3.09. The number of aromatic nitrogens is 1. The second-order valence-electron chi connectivity index (χ2n) is 5.76. The van der Waals surface area contributed by atoms with Gasteiger partial charge in [-0.05, 0) is 18.9 Å². The molecule has 1 aromatic rings. The minimum absolute atomic E-state index is 0.463. The molecule has 6 nitrogen and oxygen atoms in total. The Bertz CT molecular complexity index is 468. The molecule has 7 heteroatoms. The van der Waals surface area contributed by atoms with Gasteiger partial charge in [-0.3, -0.25) is 4.90 Å². The molecule has 0 unspecified atom stereocenters. The topological polar surface area (TPSA) is 75.8 Å². The van der Waals surface area contributed by atoms with Crippen LogP contribution in [0.1, 0.15) is 36.9 Å². The second kappa shape index (κ2) is 9.07. The largest absolute Gasteiger partial charge is 0.379 e. The van der Waals surface area contributed by atoms with E-state index in [9.17, 15) is 0 Å². The van der Waals surface area contributed by atoms with Gasteiger partial charge in [-0.1, -0.05) is 13.8 Å². The van der Waals surface area contributed by atoms with Gasteiger partial charge in [-0.2, -0.15) is 0 Å². The van der Waals surface area contributed by atoms with Gasteiger partial charge < -0.3 is 15.8 Å². The minimum Gasteiger partial charge on any atom is -0.379 e. The standard InChI is InChI=1S/C15H27N5OS/c1-12(2)13-11-22-14(19-13)10-18-15(16)17-4-3-5-20-6-8-21-9-7-20/h11-12H,3-10H2,1-2H3,(H3,16,17,18). The Morgan fingerprint density at radius 1 is 1.50 bits per heavy atom. The summed E-state index contributed by atoms with van der Waals surface area (Å²) in [4.78, 5) is 11.3. The van der Waals surface area contributed by atoms with Gasteiger partial charge in [0.05, 0.1) is 25.5 Å². The molecule has 3 N–H and O–H groups in total. The molecule has 1 aliphatic rings. The number of rotatable bonds is 7. The van der Waals surface area contributed by atoms with Crippen molar-refractivity contribution in [1.29, 1.82) is 0 Å². The predicted molar refractivity (Wildman–Crippen MR) is 91.4 cm³/mol. The van der Waals surface area contributed by atoms with E-state index in [1.165, 1.54) is 0 Å². The average Bonchev–Trinajstić information content (AvgIpc) is 3.00. The quantitative estimate of drug-likeness (QED) is 0.450. The highest BCUT2D eigenvalue weighted by Gasteiger charge is 2.09. The monoisotopic (exact) mass is 325 g/mol. The van der Waals surface area contributed by atoms with Crippen molar-refractivity contribution in [3.63, 3.8) is 0 Å². The van der Waals surface area contributed by atoms with Gasteiger partial charge >= 0.3 is 0 Å². The van der Waals surface area contributed by atoms with Crippen molar-refractivity contribution in [1.82, 2.24) is 15.2 Å². The summed E-state index contributed by atoms with van der Waals surface area (Å²) in [5, 5.41) is 6.28. The number of nitrogens with zero attached hydrogens (tertiary/aromatic N) is 3. The third-order valence-corrected chi connectivity index (χ3v) is 4.46. The lowest BCUT2D eigenvalue weighted by Gasteiger charge is -2.26. The summed E-state index contributed by atoms with van der Waals surface area (Å²) in [6.07, 6.45) is 1.06. The number of thiazole rings is 1. The highest BCUT2D eigenvalue weighted by molar-refractivity contribution is 7.09. The molecule has 1 aromatic heterocycles. The lowest BCUT2D eigenvalue weighted by Crippen LogP contribution is -2.39. The molecule has 1 fully saturated rings. The fraction of sp³-hybridized carbons (Fsp3) is 0.733. The molecule has 0 bridgehead atoms. The smallest absolute Gasteiger partial charge is 0.189 e. The maximum Gasteiger partial charge on any atom is 0.189 e. The van der Waals surface area contributed by atoms with Crippen LogP contribution in [-0.2, 0) is 11.3 Å². The lowest BCUT2D eigenvalue weighted by molar-refractivity contribution is 0.0376. The van der Waals surface area contributed by atoms with Crippen LogP contribution in [0.3, 0.4) is 0 Å². The zero-order valence-corrected chi connectivity index (χ0v) is 14.4. The Balaban J connectivity index is 1.62. The van der Waals surface area contributed by atoms with Crippen molar-refractivity contribution in [2.75, 3.05) is 39.4 Å². The Labute approximate surface area is 136 Å². The number of hydrogen-bond acceptors (Lipinski definition) is 5. The van der Waals surface area contributed by atoms with Gasteiger partial charge in [0.2, 0.25) is 0 Å². The van der Waals surface area contributed by atoms with Crippen LogP contribution in [0.4, 0.5) is 0 Å². The Kier molecular flexibility index (Phi) is 7.08. The number of nitrogens with one attached hydrogen (secondary N) is 1. The molecule has 124 valence electrons. The molecule has 0 radical (unpaired) electrons. The molecule has 0 amide bonds. The molecule has 22 heavy (non-hydrogen) atoms. The Morgan fingerprint density at radius 3 is 2.95 bits per heavy atom. The van der Waals surface area contributed by atoms with Gasteiger partial charge in [0, 0.05) is 25.0 Å². The van der Waals surface area contributed by atoms with Crippen LogP contribution in [0, 0.1) is 0 Å².